The summed E-state index contributed by atoms with van der Waals surface area (Å²) in [5.74, 6) is 3.75. The molecule has 3 N–H and O–H groups in total. The van der Waals surface area contributed by atoms with Crippen molar-refractivity contribution in [3.8, 4) is 0 Å². The first kappa shape index (κ1) is 21.4. The van der Waals surface area contributed by atoms with Gasteiger partial charge in [0.15, 0.2) is 0 Å². The standard InChI is InChI=1S/C25H35NOS/c26-18-25(8-4-5-14-27)24-12-11-22-16-21(9-10-23(22)17-24)19-28-15-13-20-6-2-1-3-7-20/h1-3,6-7,11-12,17,21,25,27H,4-5,8-10,13-16,18-19,26H2/t21-,25+/m1/s1. The molecule has 0 saturated heterocycles. The number of fused-ring (bicyclic) bond motifs is 1. The Balaban J connectivity index is 1.47. The third-order valence-corrected chi connectivity index (χ3v) is 7.21. The monoisotopic (exact) mass is 397 g/mol. The molecule has 2 aromatic carbocycles. The predicted molar refractivity (Wildman–Crippen MR) is 122 cm³/mol. The zero-order chi connectivity index (χ0) is 19.6. The molecule has 2 aromatic rings. The van der Waals surface area contributed by atoms with Gasteiger partial charge in [-0.15, -0.1) is 0 Å². The van der Waals surface area contributed by atoms with Crippen molar-refractivity contribution in [3.05, 3.63) is 70.8 Å². The van der Waals surface area contributed by atoms with Crippen molar-refractivity contribution in [1.82, 2.24) is 0 Å². The summed E-state index contributed by atoms with van der Waals surface area (Å²) in [5, 5.41) is 9.01. The van der Waals surface area contributed by atoms with E-state index in [9.17, 15) is 0 Å². The van der Waals surface area contributed by atoms with Crippen molar-refractivity contribution in [1.29, 1.82) is 0 Å². The molecule has 0 aromatic heterocycles. The molecule has 0 amide bonds. The molecule has 152 valence electrons. The van der Waals surface area contributed by atoms with Gasteiger partial charge >= 0.3 is 0 Å². The molecule has 0 heterocycles. The lowest BCUT2D eigenvalue weighted by Crippen LogP contribution is -2.18. The highest BCUT2D eigenvalue weighted by Crippen LogP contribution is 2.31. The maximum Gasteiger partial charge on any atom is 0.0431 e. The van der Waals surface area contributed by atoms with E-state index in [1.165, 1.54) is 48.3 Å². The van der Waals surface area contributed by atoms with Gasteiger partial charge in [0.25, 0.3) is 0 Å². The Hall–Kier alpha value is -1.29. The Morgan fingerprint density at radius 3 is 2.71 bits per heavy atom. The zero-order valence-electron chi connectivity index (χ0n) is 17.0. The minimum absolute atomic E-state index is 0.284. The number of benzene rings is 2. The summed E-state index contributed by atoms with van der Waals surface area (Å²) >= 11 is 2.12. The first-order valence-corrected chi connectivity index (χ1v) is 12.0. The van der Waals surface area contributed by atoms with Crippen LogP contribution in [0.3, 0.4) is 0 Å². The molecule has 1 aliphatic rings. The van der Waals surface area contributed by atoms with Crippen LogP contribution < -0.4 is 5.73 Å². The van der Waals surface area contributed by atoms with Crippen molar-refractivity contribution in [2.45, 2.75) is 50.9 Å². The quantitative estimate of drug-likeness (QED) is 0.526. The summed E-state index contributed by atoms with van der Waals surface area (Å²) in [6.45, 7) is 0.983. The van der Waals surface area contributed by atoms with Crippen LogP contribution in [0.4, 0.5) is 0 Å². The minimum atomic E-state index is 0.284. The van der Waals surface area contributed by atoms with Gasteiger partial charge in [-0.2, -0.15) is 11.8 Å². The van der Waals surface area contributed by atoms with Crippen LogP contribution in [-0.4, -0.2) is 29.8 Å². The number of nitrogens with two attached hydrogens (primary N) is 1. The summed E-state index contributed by atoms with van der Waals surface area (Å²) in [4.78, 5) is 0. The summed E-state index contributed by atoms with van der Waals surface area (Å²) in [5.41, 5.74) is 12.0. The second-order valence-electron chi connectivity index (χ2n) is 8.10. The van der Waals surface area contributed by atoms with Crippen LogP contribution in [0.15, 0.2) is 48.5 Å². The van der Waals surface area contributed by atoms with Gasteiger partial charge in [-0.05, 0) is 90.7 Å². The molecule has 0 fully saturated rings. The maximum atomic E-state index is 9.01. The second kappa shape index (κ2) is 11.6. The van der Waals surface area contributed by atoms with E-state index in [0.717, 1.165) is 25.2 Å². The molecule has 1 aliphatic carbocycles. The molecule has 2 atom stereocenters. The number of hydrogen-bond donors (Lipinski definition) is 2. The second-order valence-corrected chi connectivity index (χ2v) is 9.25. The Labute approximate surface area is 174 Å². The van der Waals surface area contributed by atoms with Crippen molar-refractivity contribution >= 4 is 11.8 Å². The summed E-state index contributed by atoms with van der Waals surface area (Å²) in [6.07, 6.45) is 7.94. The normalized spacial score (nSPS) is 17.3. The number of aryl methyl sites for hydroxylation is 2. The van der Waals surface area contributed by atoms with E-state index in [2.05, 4.69) is 60.3 Å². The van der Waals surface area contributed by atoms with Crippen LogP contribution in [-0.2, 0) is 19.3 Å². The third-order valence-electron chi connectivity index (χ3n) is 6.01. The predicted octanol–water partition coefficient (Wildman–Crippen LogP) is 4.97. The average molecular weight is 398 g/mol. The summed E-state index contributed by atoms with van der Waals surface area (Å²) in [7, 11) is 0. The molecule has 0 spiro atoms. The van der Waals surface area contributed by atoms with Crippen LogP contribution in [0.25, 0.3) is 0 Å². The van der Waals surface area contributed by atoms with Crippen LogP contribution in [0.2, 0.25) is 0 Å². The Bertz CT molecular complexity index is 703. The number of rotatable bonds is 11. The first-order valence-electron chi connectivity index (χ1n) is 10.8. The van der Waals surface area contributed by atoms with E-state index in [1.807, 2.05) is 0 Å². The molecule has 3 heteroatoms. The number of aliphatic hydroxyl groups is 1. The van der Waals surface area contributed by atoms with Crippen molar-refractivity contribution in [2.75, 3.05) is 24.7 Å². The highest BCUT2D eigenvalue weighted by Gasteiger charge is 2.20. The zero-order valence-corrected chi connectivity index (χ0v) is 17.8. The van der Waals surface area contributed by atoms with Crippen molar-refractivity contribution < 1.29 is 5.11 Å². The van der Waals surface area contributed by atoms with Gasteiger partial charge in [0.2, 0.25) is 0 Å². The highest BCUT2D eigenvalue weighted by atomic mass is 32.2. The lowest BCUT2D eigenvalue weighted by molar-refractivity contribution is 0.281. The molecule has 0 radical (unpaired) electrons. The first-order chi connectivity index (χ1) is 13.8. The summed E-state index contributed by atoms with van der Waals surface area (Å²) in [6, 6.07) is 17.9. The Morgan fingerprint density at radius 2 is 1.93 bits per heavy atom. The SMILES string of the molecule is NC[C@H](CCCCO)c1ccc2c(c1)CC[C@@H](CSCCc1ccccc1)C2. The van der Waals surface area contributed by atoms with Crippen LogP contribution in [0.5, 0.6) is 0 Å². The van der Waals surface area contributed by atoms with E-state index >= 15 is 0 Å². The molecule has 0 saturated carbocycles. The molecule has 0 unspecified atom stereocenters. The van der Waals surface area contributed by atoms with Crippen LogP contribution in [0.1, 0.15) is 53.9 Å². The lowest BCUT2D eigenvalue weighted by atomic mass is 9.82. The van der Waals surface area contributed by atoms with E-state index < -0.39 is 0 Å². The van der Waals surface area contributed by atoms with E-state index in [1.54, 1.807) is 11.1 Å². The van der Waals surface area contributed by atoms with Gasteiger partial charge in [-0.1, -0.05) is 55.0 Å². The molecule has 3 rings (SSSR count). The fraction of sp³-hybridized carbons (Fsp3) is 0.520. The maximum absolute atomic E-state index is 9.01. The molecular weight excluding hydrogens is 362 g/mol. The van der Waals surface area contributed by atoms with Crippen LogP contribution in [0, 0.1) is 5.92 Å². The smallest absolute Gasteiger partial charge is 0.0431 e. The third kappa shape index (κ3) is 6.37. The van der Waals surface area contributed by atoms with Crippen LogP contribution >= 0.6 is 11.8 Å². The van der Waals surface area contributed by atoms with E-state index in [-0.39, 0.29) is 6.61 Å². The van der Waals surface area contributed by atoms with Gasteiger partial charge in [0.1, 0.15) is 0 Å². The Morgan fingerprint density at radius 1 is 1.07 bits per heavy atom. The highest BCUT2D eigenvalue weighted by molar-refractivity contribution is 7.99. The number of thioether (sulfide) groups is 1. The number of aliphatic hydroxyl groups excluding tert-OH is 1. The Kier molecular flexibility index (Phi) is 8.91. The van der Waals surface area contributed by atoms with Gasteiger partial charge in [-0.3, -0.25) is 0 Å². The van der Waals surface area contributed by atoms with Gasteiger partial charge in [0, 0.05) is 6.61 Å². The fourth-order valence-corrected chi connectivity index (χ4v) is 5.42. The van der Waals surface area contributed by atoms with Gasteiger partial charge in [0.05, 0.1) is 0 Å². The number of unbranched alkanes of at least 4 members (excludes halogenated alkanes) is 1. The molecule has 0 aliphatic heterocycles. The lowest BCUT2D eigenvalue weighted by Gasteiger charge is -2.26. The van der Waals surface area contributed by atoms with Crippen molar-refractivity contribution in [2.24, 2.45) is 11.7 Å². The van der Waals surface area contributed by atoms with Gasteiger partial charge in [-0.25, -0.2) is 0 Å². The van der Waals surface area contributed by atoms with Gasteiger partial charge < -0.3 is 10.8 Å². The molecule has 2 nitrogen and oxygen atoms in total. The minimum Gasteiger partial charge on any atom is -0.396 e. The van der Waals surface area contributed by atoms with Crippen molar-refractivity contribution in [3.63, 3.8) is 0 Å². The molecular formula is C25H35NOS. The number of hydrogen-bond acceptors (Lipinski definition) is 3. The molecule has 0 bridgehead atoms. The molecule has 28 heavy (non-hydrogen) atoms. The average Bonchev–Trinajstić information content (AvgIpc) is 2.75. The topological polar surface area (TPSA) is 46.2 Å². The largest absolute Gasteiger partial charge is 0.396 e. The van der Waals surface area contributed by atoms with E-state index in [0.29, 0.717) is 12.5 Å². The van der Waals surface area contributed by atoms with E-state index in [4.69, 9.17) is 10.8 Å². The summed E-state index contributed by atoms with van der Waals surface area (Å²) < 4.78 is 0. The fourth-order valence-electron chi connectivity index (χ4n) is 4.25.